The van der Waals surface area contributed by atoms with Gasteiger partial charge in [-0.05, 0) is 49.9 Å². The average Bonchev–Trinajstić information content (AvgIpc) is 2.32. The van der Waals surface area contributed by atoms with Crippen LogP contribution in [0.5, 0.6) is 5.75 Å². The Kier molecular flexibility index (Phi) is 5.01. The molecule has 100 valence electrons. The summed E-state index contributed by atoms with van der Waals surface area (Å²) in [6.45, 7) is 6.76. The molecule has 0 spiro atoms. The summed E-state index contributed by atoms with van der Waals surface area (Å²) in [7, 11) is 1.67. The quantitative estimate of drug-likeness (QED) is 0.763. The summed E-state index contributed by atoms with van der Waals surface area (Å²) in [5.74, 6) is 0.136. The number of ether oxygens (including phenoxy) is 1. The molecule has 2 N–H and O–H groups in total. The molecule has 0 aromatic heterocycles. The van der Waals surface area contributed by atoms with Crippen molar-refractivity contribution in [3.8, 4) is 5.75 Å². The van der Waals surface area contributed by atoms with Crippen molar-refractivity contribution in [1.29, 1.82) is 0 Å². The molecule has 0 aliphatic rings. The van der Waals surface area contributed by atoms with Crippen molar-refractivity contribution in [2.45, 2.75) is 33.6 Å². The van der Waals surface area contributed by atoms with Gasteiger partial charge in [-0.3, -0.25) is 4.79 Å². The summed E-state index contributed by atoms with van der Waals surface area (Å²) >= 11 is 0. The molecule has 0 unspecified atom stereocenters. The van der Waals surface area contributed by atoms with Crippen LogP contribution in [0.4, 0.5) is 5.69 Å². The van der Waals surface area contributed by atoms with E-state index in [4.69, 9.17) is 9.84 Å². The van der Waals surface area contributed by atoms with Crippen LogP contribution in [-0.2, 0) is 4.79 Å². The van der Waals surface area contributed by atoms with Gasteiger partial charge in [-0.1, -0.05) is 0 Å². The number of aryl methyl sites for hydroxylation is 1. The molecule has 0 amide bonds. The zero-order chi connectivity index (χ0) is 13.7. The van der Waals surface area contributed by atoms with Crippen molar-refractivity contribution in [2.75, 3.05) is 19.0 Å². The smallest absolute Gasteiger partial charge is 0.303 e. The number of hydrogen-bond acceptors (Lipinski definition) is 3. The first kappa shape index (κ1) is 14.4. The lowest BCUT2D eigenvalue weighted by Gasteiger charge is -2.17. The van der Waals surface area contributed by atoms with E-state index in [1.54, 1.807) is 7.11 Å². The molecule has 0 atom stereocenters. The number of carboxylic acid groups (broad SMARTS) is 1. The van der Waals surface area contributed by atoms with E-state index in [-0.39, 0.29) is 6.42 Å². The second-order valence-corrected chi connectivity index (χ2v) is 4.44. The summed E-state index contributed by atoms with van der Waals surface area (Å²) in [5, 5.41) is 11.9. The predicted octanol–water partition coefficient (Wildman–Crippen LogP) is 2.90. The van der Waals surface area contributed by atoms with Crippen LogP contribution in [0.3, 0.4) is 0 Å². The first-order valence-corrected chi connectivity index (χ1v) is 6.07. The number of hydrogen-bond donors (Lipinski definition) is 2. The molecule has 1 rings (SSSR count). The first-order chi connectivity index (χ1) is 8.47. The molecular weight excluding hydrogens is 230 g/mol. The van der Waals surface area contributed by atoms with Gasteiger partial charge >= 0.3 is 5.97 Å². The number of anilines is 1. The van der Waals surface area contributed by atoms with Gasteiger partial charge < -0.3 is 15.2 Å². The number of benzene rings is 1. The van der Waals surface area contributed by atoms with Crippen LogP contribution in [0.15, 0.2) is 6.07 Å². The number of rotatable bonds is 6. The van der Waals surface area contributed by atoms with E-state index >= 15 is 0 Å². The minimum atomic E-state index is -0.754. The SMILES string of the molecule is COc1cc(C)c(NCCCC(=O)O)c(C)c1C. The number of aliphatic carboxylic acids is 1. The van der Waals surface area contributed by atoms with Gasteiger partial charge in [0.2, 0.25) is 0 Å². The van der Waals surface area contributed by atoms with E-state index in [0.29, 0.717) is 13.0 Å². The fourth-order valence-electron chi connectivity index (χ4n) is 1.98. The van der Waals surface area contributed by atoms with E-state index in [0.717, 1.165) is 28.1 Å². The number of carbonyl (C=O) groups is 1. The second-order valence-electron chi connectivity index (χ2n) is 4.44. The molecule has 4 nitrogen and oxygen atoms in total. The summed E-state index contributed by atoms with van der Waals surface area (Å²) in [4.78, 5) is 10.4. The van der Waals surface area contributed by atoms with Gasteiger partial charge in [0.05, 0.1) is 7.11 Å². The van der Waals surface area contributed by atoms with Crippen LogP contribution >= 0.6 is 0 Å². The maximum absolute atomic E-state index is 10.4. The monoisotopic (exact) mass is 251 g/mol. The van der Waals surface area contributed by atoms with Gasteiger partial charge in [0, 0.05) is 18.7 Å². The maximum Gasteiger partial charge on any atom is 0.303 e. The molecule has 1 aromatic rings. The molecule has 0 aliphatic heterocycles. The standard InChI is InChI=1S/C14H21NO3/c1-9-8-12(18-4)10(2)11(3)14(9)15-7-5-6-13(16)17/h8,15H,5-7H2,1-4H3,(H,16,17). The molecular formula is C14H21NO3. The Balaban J connectivity index is 2.77. The Labute approximate surface area is 108 Å². The molecule has 0 fully saturated rings. The fourth-order valence-corrected chi connectivity index (χ4v) is 1.98. The lowest BCUT2D eigenvalue weighted by molar-refractivity contribution is -0.137. The van der Waals surface area contributed by atoms with Crippen molar-refractivity contribution in [3.05, 3.63) is 22.8 Å². The third-order valence-corrected chi connectivity index (χ3v) is 3.14. The molecule has 0 aliphatic carbocycles. The van der Waals surface area contributed by atoms with E-state index in [2.05, 4.69) is 5.32 Å². The first-order valence-electron chi connectivity index (χ1n) is 6.07. The minimum Gasteiger partial charge on any atom is -0.496 e. The normalized spacial score (nSPS) is 10.2. The van der Waals surface area contributed by atoms with E-state index < -0.39 is 5.97 Å². The molecule has 18 heavy (non-hydrogen) atoms. The van der Waals surface area contributed by atoms with Crippen LogP contribution in [0.2, 0.25) is 0 Å². The maximum atomic E-state index is 10.4. The van der Waals surface area contributed by atoms with E-state index in [9.17, 15) is 4.79 Å². The molecule has 0 bridgehead atoms. The minimum absolute atomic E-state index is 0.195. The van der Waals surface area contributed by atoms with Crippen molar-refractivity contribution < 1.29 is 14.6 Å². The largest absolute Gasteiger partial charge is 0.496 e. The zero-order valence-corrected chi connectivity index (χ0v) is 11.5. The van der Waals surface area contributed by atoms with Gasteiger partial charge in [0.1, 0.15) is 5.75 Å². The molecule has 0 saturated carbocycles. The van der Waals surface area contributed by atoms with Gasteiger partial charge in [0.15, 0.2) is 0 Å². The molecule has 0 radical (unpaired) electrons. The highest BCUT2D eigenvalue weighted by Crippen LogP contribution is 2.31. The lowest BCUT2D eigenvalue weighted by atomic mass is 10.0. The highest BCUT2D eigenvalue weighted by Gasteiger charge is 2.10. The number of methoxy groups -OCH3 is 1. The van der Waals surface area contributed by atoms with Crippen molar-refractivity contribution >= 4 is 11.7 Å². The Morgan fingerprint density at radius 1 is 1.33 bits per heavy atom. The predicted molar refractivity (Wildman–Crippen MR) is 72.6 cm³/mol. The van der Waals surface area contributed by atoms with E-state index in [1.165, 1.54) is 0 Å². The molecule has 0 heterocycles. The topological polar surface area (TPSA) is 58.6 Å². The van der Waals surface area contributed by atoms with Crippen LogP contribution in [0, 0.1) is 20.8 Å². The third-order valence-electron chi connectivity index (χ3n) is 3.14. The Bertz CT molecular complexity index is 441. The number of nitrogens with one attached hydrogen (secondary N) is 1. The van der Waals surface area contributed by atoms with Crippen LogP contribution in [-0.4, -0.2) is 24.7 Å². The van der Waals surface area contributed by atoms with E-state index in [1.807, 2.05) is 26.8 Å². The van der Waals surface area contributed by atoms with Crippen molar-refractivity contribution in [2.24, 2.45) is 0 Å². The molecule has 4 heteroatoms. The highest BCUT2D eigenvalue weighted by atomic mass is 16.5. The third kappa shape index (κ3) is 3.39. The Hall–Kier alpha value is -1.71. The summed E-state index contributed by atoms with van der Waals surface area (Å²) in [5.41, 5.74) is 4.47. The van der Waals surface area contributed by atoms with Crippen molar-refractivity contribution in [1.82, 2.24) is 0 Å². The lowest BCUT2D eigenvalue weighted by Crippen LogP contribution is -2.08. The van der Waals surface area contributed by atoms with Gasteiger partial charge in [-0.25, -0.2) is 0 Å². The Morgan fingerprint density at radius 2 is 2.00 bits per heavy atom. The van der Waals surface area contributed by atoms with Crippen LogP contribution in [0.1, 0.15) is 29.5 Å². The summed E-state index contributed by atoms with van der Waals surface area (Å²) < 4.78 is 5.31. The van der Waals surface area contributed by atoms with Gasteiger partial charge in [-0.2, -0.15) is 0 Å². The summed E-state index contributed by atoms with van der Waals surface area (Å²) in [6.07, 6.45) is 0.819. The second kappa shape index (κ2) is 6.28. The van der Waals surface area contributed by atoms with Crippen LogP contribution in [0.25, 0.3) is 0 Å². The molecule has 0 saturated heterocycles. The van der Waals surface area contributed by atoms with Crippen LogP contribution < -0.4 is 10.1 Å². The fraction of sp³-hybridized carbons (Fsp3) is 0.500. The highest BCUT2D eigenvalue weighted by molar-refractivity contribution is 5.67. The summed E-state index contributed by atoms with van der Waals surface area (Å²) in [6, 6.07) is 2.00. The number of carboxylic acids is 1. The molecule has 1 aromatic carbocycles. The van der Waals surface area contributed by atoms with Crippen molar-refractivity contribution in [3.63, 3.8) is 0 Å². The Morgan fingerprint density at radius 3 is 2.56 bits per heavy atom. The average molecular weight is 251 g/mol. The van der Waals surface area contributed by atoms with Gasteiger partial charge in [0.25, 0.3) is 0 Å². The van der Waals surface area contributed by atoms with Gasteiger partial charge in [-0.15, -0.1) is 0 Å². The zero-order valence-electron chi connectivity index (χ0n) is 11.5.